The number of hydrogen-bond donors (Lipinski definition) is 2. The van der Waals surface area contributed by atoms with E-state index < -0.39 is 13.9 Å². The van der Waals surface area contributed by atoms with Gasteiger partial charge in [0.05, 0.1) is 19.8 Å². The van der Waals surface area contributed by atoms with Gasteiger partial charge in [0.1, 0.15) is 6.10 Å². The van der Waals surface area contributed by atoms with E-state index in [0.717, 1.165) is 109 Å². The van der Waals surface area contributed by atoms with Gasteiger partial charge in [-0.2, -0.15) is 0 Å². The molecule has 0 radical (unpaired) electrons. The molecule has 0 aliphatic carbocycles. The zero-order valence-corrected chi connectivity index (χ0v) is 45.6. The van der Waals surface area contributed by atoms with Crippen LogP contribution in [0.4, 0.5) is 0 Å². The van der Waals surface area contributed by atoms with Crippen molar-refractivity contribution in [2.45, 2.75) is 225 Å². The van der Waals surface area contributed by atoms with E-state index >= 15 is 0 Å². The number of allylic oxidation sites excluding steroid dienone is 20. The number of esters is 1. The third-order valence-electron chi connectivity index (χ3n) is 11.4. The smallest absolute Gasteiger partial charge is 0.457 e. The van der Waals surface area contributed by atoms with Gasteiger partial charge in [0.2, 0.25) is 0 Å². The predicted octanol–water partition coefficient (Wildman–Crippen LogP) is 18.1. The van der Waals surface area contributed by atoms with Gasteiger partial charge in [-0.1, -0.05) is 232 Å². The van der Waals surface area contributed by atoms with E-state index in [1.54, 1.807) is 0 Å². The molecule has 0 saturated heterocycles. The number of rotatable bonds is 52. The van der Waals surface area contributed by atoms with Crippen molar-refractivity contribution in [3.05, 3.63) is 122 Å². The molecule has 0 heterocycles. The number of carbonyl (C=O) groups is 1. The van der Waals surface area contributed by atoms with E-state index in [2.05, 4.69) is 135 Å². The second-order valence-electron chi connectivity index (χ2n) is 18.0. The highest BCUT2D eigenvalue weighted by Gasteiger charge is 2.25. The van der Waals surface area contributed by atoms with Crippen LogP contribution in [0, 0.1) is 0 Å². The molecule has 2 unspecified atom stereocenters. The Labute approximate surface area is 430 Å². The molecule has 0 aromatic heterocycles. The summed E-state index contributed by atoms with van der Waals surface area (Å²) in [4.78, 5) is 22.7. The van der Waals surface area contributed by atoms with Crippen molar-refractivity contribution in [2.75, 3.05) is 33.0 Å². The van der Waals surface area contributed by atoms with E-state index in [0.29, 0.717) is 13.0 Å². The van der Waals surface area contributed by atoms with Gasteiger partial charge >= 0.3 is 13.8 Å². The normalized spacial score (nSPS) is 14.2. The standard InChI is InChI=1S/C61H104NO7P/c1-3-5-7-9-11-13-15-17-19-21-23-25-27-29-31-33-35-37-39-41-43-45-47-49-51-53-56-66-58-60(59-68-70(64,65)67-57-55-62)69-61(63)54-52-50-48-46-44-42-40-38-36-34-32-30-28-26-24-22-20-18-16-14-12-10-8-6-4-2/h5-8,11-14,17-20,23-26,29,31,35,37,60H,3-4,9-10,15-16,21-22,27-28,30,32-34,36,38-59,62H2,1-2H3,(H,64,65)/b7-5-,8-6-,13-11-,14-12-,19-17-,20-18-,25-23-,26-24-,31-29-,37-35-. The highest BCUT2D eigenvalue weighted by Crippen LogP contribution is 2.43. The molecule has 0 rings (SSSR count). The molecule has 0 saturated carbocycles. The fourth-order valence-electron chi connectivity index (χ4n) is 7.35. The first-order valence-electron chi connectivity index (χ1n) is 28.0. The molecule has 0 fully saturated rings. The molecule has 0 amide bonds. The molecule has 0 aromatic carbocycles. The Morgan fingerprint density at radius 1 is 0.429 bits per heavy atom. The van der Waals surface area contributed by atoms with Crippen LogP contribution in [0.15, 0.2) is 122 Å². The molecule has 0 aromatic rings. The number of ether oxygens (including phenoxy) is 2. The second-order valence-corrected chi connectivity index (χ2v) is 19.5. The van der Waals surface area contributed by atoms with E-state index in [4.69, 9.17) is 24.3 Å². The van der Waals surface area contributed by atoms with E-state index in [-0.39, 0.29) is 32.3 Å². The third-order valence-corrected chi connectivity index (χ3v) is 12.4. The average molecular weight is 994 g/mol. The first-order valence-corrected chi connectivity index (χ1v) is 29.5. The van der Waals surface area contributed by atoms with E-state index in [1.807, 2.05) is 0 Å². The van der Waals surface area contributed by atoms with Gasteiger partial charge in [-0.15, -0.1) is 0 Å². The minimum atomic E-state index is -4.30. The summed E-state index contributed by atoms with van der Waals surface area (Å²) in [6.07, 6.45) is 79.5. The average Bonchev–Trinajstić information content (AvgIpc) is 3.35. The highest BCUT2D eigenvalue weighted by molar-refractivity contribution is 7.47. The summed E-state index contributed by atoms with van der Waals surface area (Å²) in [7, 11) is -4.30. The topological polar surface area (TPSA) is 117 Å². The Morgan fingerprint density at radius 3 is 1.13 bits per heavy atom. The Hall–Kier alpha value is -3.10. The summed E-state index contributed by atoms with van der Waals surface area (Å²) in [5.41, 5.74) is 5.40. The van der Waals surface area contributed by atoms with Crippen LogP contribution in [0.3, 0.4) is 0 Å². The fraction of sp³-hybridized carbons (Fsp3) is 0.656. The third kappa shape index (κ3) is 55.8. The van der Waals surface area contributed by atoms with Gasteiger partial charge in [-0.05, 0) is 103 Å². The van der Waals surface area contributed by atoms with Crippen LogP contribution in [0.2, 0.25) is 0 Å². The minimum absolute atomic E-state index is 0.0916. The molecule has 9 heteroatoms. The van der Waals surface area contributed by atoms with Crippen LogP contribution in [0.25, 0.3) is 0 Å². The molecular weight excluding hydrogens is 890 g/mol. The summed E-state index contributed by atoms with van der Waals surface area (Å²) in [5.74, 6) is -0.341. The van der Waals surface area contributed by atoms with Crippen LogP contribution in [0.5, 0.6) is 0 Å². The Kier molecular flexibility index (Phi) is 54.3. The summed E-state index contributed by atoms with van der Waals surface area (Å²) < 4.78 is 33.7. The van der Waals surface area contributed by atoms with E-state index in [9.17, 15) is 14.3 Å². The van der Waals surface area contributed by atoms with Crippen LogP contribution in [0.1, 0.15) is 219 Å². The van der Waals surface area contributed by atoms with Crippen molar-refractivity contribution in [3.63, 3.8) is 0 Å². The summed E-state index contributed by atoms with van der Waals surface area (Å²) in [5, 5.41) is 0. The monoisotopic (exact) mass is 994 g/mol. The van der Waals surface area contributed by atoms with Crippen LogP contribution >= 0.6 is 7.82 Å². The summed E-state index contributed by atoms with van der Waals surface area (Å²) >= 11 is 0. The minimum Gasteiger partial charge on any atom is -0.457 e. The first kappa shape index (κ1) is 66.9. The van der Waals surface area contributed by atoms with Gasteiger partial charge in [0.25, 0.3) is 0 Å². The number of carbonyl (C=O) groups excluding carboxylic acids is 1. The quantitative estimate of drug-likeness (QED) is 0.0268. The van der Waals surface area contributed by atoms with Gasteiger partial charge in [0.15, 0.2) is 0 Å². The summed E-state index contributed by atoms with van der Waals surface area (Å²) in [6, 6.07) is 0. The fourth-order valence-corrected chi connectivity index (χ4v) is 8.11. The van der Waals surface area contributed by atoms with Crippen molar-refractivity contribution < 1.29 is 32.8 Å². The Balaban J connectivity index is 3.97. The van der Waals surface area contributed by atoms with Gasteiger partial charge < -0.3 is 20.1 Å². The number of nitrogens with two attached hydrogens (primary N) is 1. The molecule has 0 aliphatic heterocycles. The lowest BCUT2D eigenvalue weighted by Crippen LogP contribution is -2.28. The molecule has 8 nitrogen and oxygen atoms in total. The van der Waals surface area contributed by atoms with Crippen molar-refractivity contribution in [1.82, 2.24) is 0 Å². The molecule has 0 bridgehead atoms. The highest BCUT2D eigenvalue weighted by atomic mass is 31.2. The van der Waals surface area contributed by atoms with Gasteiger partial charge in [0, 0.05) is 19.6 Å². The number of hydrogen-bond acceptors (Lipinski definition) is 7. The zero-order valence-electron chi connectivity index (χ0n) is 44.7. The molecule has 3 N–H and O–H groups in total. The molecule has 400 valence electrons. The maximum Gasteiger partial charge on any atom is 0.472 e. The van der Waals surface area contributed by atoms with Crippen molar-refractivity contribution in [3.8, 4) is 0 Å². The largest absolute Gasteiger partial charge is 0.472 e. The lowest BCUT2D eigenvalue weighted by Gasteiger charge is -2.20. The van der Waals surface area contributed by atoms with Crippen molar-refractivity contribution in [1.29, 1.82) is 0 Å². The second kappa shape index (κ2) is 56.8. The Bertz CT molecular complexity index is 1490. The van der Waals surface area contributed by atoms with Crippen molar-refractivity contribution >= 4 is 13.8 Å². The maximum absolute atomic E-state index is 12.7. The Morgan fingerprint density at radius 2 is 0.757 bits per heavy atom. The number of phosphoric ester groups is 1. The van der Waals surface area contributed by atoms with Crippen LogP contribution < -0.4 is 5.73 Å². The van der Waals surface area contributed by atoms with Crippen molar-refractivity contribution in [2.24, 2.45) is 5.73 Å². The number of phosphoric acid groups is 1. The number of unbranched alkanes of at least 4 members (excludes halogenated alkanes) is 19. The molecule has 0 aliphatic rings. The maximum atomic E-state index is 12.7. The van der Waals surface area contributed by atoms with Gasteiger partial charge in [-0.25, -0.2) is 4.57 Å². The van der Waals surface area contributed by atoms with Crippen LogP contribution in [-0.2, 0) is 27.9 Å². The molecular formula is C61H104NO7P. The SMILES string of the molecule is CC/C=C\C/C=C\C/C=C\C/C=C\C/C=C\C/C=C\CCCCCCCCCOCC(COP(=O)(O)OCCN)OC(=O)CCCCCCCCCCCCCC/C=C\C/C=C\C/C=C\C/C=C\CC. The molecule has 2 atom stereocenters. The zero-order chi connectivity index (χ0) is 50.8. The molecule has 0 spiro atoms. The lowest BCUT2D eigenvalue weighted by atomic mass is 10.0. The van der Waals surface area contributed by atoms with E-state index in [1.165, 1.54) is 89.9 Å². The van der Waals surface area contributed by atoms with Crippen LogP contribution in [-0.4, -0.2) is 49.9 Å². The lowest BCUT2D eigenvalue weighted by molar-refractivity contribution is -0.154. The summed E-state index contributed by atoms with van der Waals surface area (Å²) in [6.45, 7) is 4.66. The predicted molar refractivity (Wildman–Crippen MR) is 302 cm³/mol. The van der Waals surface area contributed by atoms with Gasteiger partial charge in [-0.3, -0.25) is 13.8 Å². The molecule has 70 heavy (non-hydrogen) atoms. The first-order chi connectivity index (χ1) is 34.4.